The summed E-state index contributed by atoms with van der Waals surface area (Å²) in [5, 5.41) is 1.06. The zero-order valence-corrected chi connectivity index (χ0v) is 9.87. The van der Waals surface area contributed by atoms with Crippen molar-refractivity contribution in [2.45, 2.75) is 12.8 Å². The molecule has 1 aromatic carbocycles. The van der Waals surface area contributed by atoms with E-state index in [1.54, 1.807) is 0 Å². The lowest BCUT2D eigenvalue weighted by atomic mass is 10.2. The van der Waals surface area contributed by atoms with Crippen molar-refractivity contribution >= 4 is 26.8 Å². The van der Waals surface area contributed by atoms with E-state index in [-0.39, 0.29) is 0 Å². The van der Waals surface area contributed by atoms with E-state index in [2.05, 4.69) is 25.9 Å². The van der Waals surface area contributed by atoms with Gasteiger partial charge in [-0.05, 0) is 25.1 Å². The van der Waals surface area contributed by atoms with Crippen molar-refractivity contribution in [2.24, 2.45) is 5.73 Å². The molecule has 0 atom stereocenters. The molecule has 3 nitrogen and oxygen atoms in total. The molecule has 0 fully saturated rings. The van der Waals surface area contributed by atoms with Crippen LogP contribution in [0, 0.1) is 0 Å². The number of aromatic nitrogens is 2. The van der Waals surface area contributed by atoms with Gasteiger partial charge >= 0.3 is 0 Å². The molecule has 1 aromatic heterocycles. The monoisotopic (exact) mass is 265 g/mol. The molecule has 0 spiro atoms. The fraction of sp³-hybridized carbons (Fsp3) is 0.273. The van der Waals surface area contributed by atoms with Crippen LogP contribution in [0.25, 0.3) is 10.9 Å². The summed E-state index contributed by atoms with van der Waals surface area (Å²) < 4.78 is 1.04. The maximum Gasteiger partial charge on any atom is 0.129 e. The number of nitrogens with zero attached hydrogens (tertiary/aromatic N) is 2. The molecule has 0 saturated heterocycles. The zero-order valence-electron chi connectivity index (χ0n) is 8.28. The van der Waals surface area contributed by atoms with Gasteiger partial charge in [-0.15, -0.1) is 0 Å². The van der Waals surface area contributed by atoms with Crippen LogP contribution >= 0.6 is 15.9 Å². The molecular formula is C11H12BrN3. The molecule has 2 aromatic rings. The Labute approximate surface area is 96.9 Å². The summed E-state index contributed by atoms with van der Waals surface area (Å²) in [4.78, 5) is 8.77. The summed E-state index contributed by atoms with van der Waals surface area (Å²) >= 11 is 3.43. The van der Waals surface area contributed by atoms with Gasteiger partial charge in [0.05, 0.1) is 5.52 Å². The van der Waals surface area contributed by atoms with Gasteiger partial charge in [0, 0.05) is 22.5 Å². The number of benzene rings is 1. The Morgan fingerprint density at radius 1 is 1.33 bits per heavy atom. The average Bonchev–Trinajstić information content (AvgIpc) is 2.25. The van der Waals surface area contributed by atoms with E-state index in [1.165, 1.54) is 0 Å². The van der Waals surface area contributed by atoms with Gasteiger partial charge in [0.2, 0.25) is 0 Å². The van der Waals surface area contributed by atoms with Crippen LogP contribution in [0.5, 0.6) is 0 Å². The Hall–Kier alpha value is -1.00. The number of hydrogen-bond donors (Lipinski definition) is 1. The van der Waals surface area contributed by atoms with Gasteiger partial charge in [0.25, 0.3) is 0 Å². The van der Waals surface area contributed by atoms with Crippen molar-refractivity contribution in [3.8, 4) is 0 Å². The van der Waals surface area contributed by atoms with Crippen LogP contribution in [0.4, 0.5) is 0 Å². The Morgan fingerprint density at radius 2 is 2.20 bits per heavy atom. The first-order valence-corrected chi connectivity index (χ1v) is 5.70. The van der Waals surface area contributed by atoms with Gasteiger partial charge in [0.1, 0.15) is 5.82 Å². The highest BCUT2D eigenvalue weighted by atomic mass is 79.9. The molecular weight excluding hydrogens is 254 g/mol. The predicted molar refractivity (Wildman–Crippen MR) is 64.6 cm³/mol. The summed E-state index contributed by atoms with van der Waals surface area (Å²) in [7, 11) is 0. The van der Waals surface area contributed by atoms with Crippen molar-refractivity contribution in [1.82, 2.24) is 9.97 Å². The van der Waals surface area contributed by atoms with Crippen molar-refractivity contribution in [1.29, 1.82) is 0 Å². The lowest BCUT2D eigenvalue weighted by molar-refractivity contribution is 0.786. The van der Waals surface area contributed by atoms with Crippen LogP contribution in [0.1, 0.15) is 12.2 Å². The third kappa shape index (κ3) is 2.52. The van der Waals surface area contributed by atoms with E-state index in [0.29, 0.717) is 6.54 Å². The van der Waals surface area contributed by atoms with Crippen LogP contribution in [-0.4, -0.2) is 16.5 Å². The molecule has 15 heavy (non-hydrogen) atoms. The van der Waals surface area contributed by atoms with Gasteiger partial charge in [0.15, 0.2) is 0 Å². The number of nitrogens with two attached hydrogens (primary N) is 1. The number of hydrogen-bond acceptors (Lipinski definition) is 3. The lowest BCUT2D eigenvalue weighted by Gasteiger charge is -2.01. The second-order valence-corrected chi connectivity index (χ2v) is 4.30. The summed E-state index contributed by atoms with van der Waals surface area (Å²) in [6, 6.07) is 6.00. The number of fused-ring (bicyclic) bond motifs is 1. The standard InChI is InChI=1S/C11H12BrN3/c12-9-4-3-8-7-14-11(2-1-5-13)15-10(8)6-9/h3-4,6-7H,1-2,5,13H2. The molecule has 0 amide bonds. The first-order valence-electron chi connectivity index (χ1n) is 4.91. The fourth-order valence-corrected chi connectivity index (χ4v) is 1.76. The van der Waals surface area contributed by atoms with E-state index in [4.69, 9.17) is 5.73 Å². The van der Waals surface area contributed by atoms with Crippen molar-refractivity contribution in [3.05, 3.63) is 34.7 Å². The highest BCUT2D eigenvalue weighted by Gasteiger charge is 2.00. The predicted octanol–water partition coefficient (Wildman–Crippen LogP) is 2.28. The molecule has 0 radical (unpaired) electrons. The first kappa shape index (κ1) is 10.5. The molecule has 0 aliphatic carbocycles. The van der Waals surface area contributed by atoms with Gasteiger partial charge in [-0.3, -0.25) is 0 Å². The fourth-order valence-electron chi connectivity index (χ4n) is 1.42. The minimum atomic E-state index is 0.680. The third-order valence-corrected chi connectivity index (χ3v) is 2.69. The molecule has 0 bridgehead atoms. The van der Waals surface area contributed by atoms with Crippen LogP contribution in [0.3, 0.4) is 0 Å². The van der Waals surface area contributed by atoms with Crippen LogP contribution < -0.4 is 5.73 Å². The molecule has 1 heterocycles. The van der Waals surface area contributed by atoms with E-state index in [9.17, 15) is 0 Å². The van der Waals surface area contributed by atoms with Crippen LogP contribution in [0.2, 0.25) is 0 Å². The first-order chi connectivity index (χ1) is 7.29. The summed E-state index contributed by atoms with van der Waals surface area (Å²) in [5.74, 6) is 0.867. The topological polar surface area (TPSA) is 51.8 Å². The molecule has 0 unspecified atom stereocenters. The van der Waals surface area contributed by atoms with Crippen molar-refractivity contribution in [3.63, 3.8) is 0 Å². The maximum absolute atomic E-state index is 5.45. The number of halogens is 1. The minimum Gasteiger partial charge on any atom is -0.330 e. The molecule has 2 N–H and O–H groups in total. The number of aryl methyl sites for hydroxylation is 1. The smallest absolute Gasteiger partial charge is 0.129 e. The van der Waals surface area contributed by atoms with Crippen LogP contribution in [-0.2, 0) is 6.42 Å². The average molecular weight is 266 g/mol. The quantitative estimate of drug-likeness (QED) is 0.927. The van der Waals surface area contributed by atoms with E-state index in [0.717, 1.165) is 34.0 Å². The molecule has 0 aliphatic rings. The van der Waals surface area contributed by atoms with Gasteiger partial charge < -0.3 is 5.73 Å². The Bertz CT molecular complexity index is 470. The summed E-state index contributed by atoms with van der Waals surface area (Å²) in [6.07, 6.45) is 3.64. The molecule has 78 valence electrons. The van der Waals surface area contributed by atoms with E-state index in [1.807, 2.05) is 24.4 Å². The van der Waals surface area contributed by atoms with Crippen LogP contribution in [0.15, 0.2) is 28.9 Å². The molecule has 0 aliphatic heterocycles. The lowest BCUT2D eigenvalue weighted by Crippen LogP contribution is -2.03. The van der Waals surface area contributed by atoms with E-state index < -0.39 is 0 Å². The highest BCUT2D eigenvalue weighted by Crippen LogP contribution is 2.17. The SMILES string of the molecule is NCCCc1ncc2ccc(Br)cc2n1. The second-order valence-electron chi connectivity index (χ2n) is 3.38. The summed E-state index contributed by atoms with van der Waals surface area (Å²) in [6.45, 7) is 0.680. The van der Waals surface area contributed by atoms with Gasteiger partial charge in [-0.25, -0.2) is 9.97 Å². The minimum absolute atomic E-state index is 0.680. The Balaban J connectivity index is 2.36. The summed E-state index contributed by atoms with van der Waals surface area (Å²) in [5.41, 5.74) is 6.43. The zero-order chi connectivity index (χ0) is 10.7. The number of rotatable bonds is 3. The van der Waals surface area contributed by atoms with Crippen molar-refractivity contribution in [2.75, 3.05) is 6.54 Å². The molecule has 0 saturated carbocycles. The maximum atomic E-state index is 5.45. The molecule has 4 heteroatoms. The largest absolute Gasteiger partial charge is 0.330 e. The van der Waals surface area contributed by atoms with Crippen molar-refractivity contribution < 1.29 is 0 Å². The highest BCUT2D eigenvalue weighted by molar-refractivity contribution is 9.10. The normalized spacial score (nSPS) is 10.8. The Morgan fingerprint density at radius 3 is 3.00 bits per heavy atom. The van der Waals surface area contributed by atoms with E-state index >= 15 is 0 Å². The third-order valence-electron chi connectivity index (χ3n) is 2.20. The molecule has 2 rings (SSSR count). The van der Waals surface area contributed by atoms with Gasteiger partial charge in [-0.2, -0.15) is 0 Å². The second kappa shape index (κ2) is 4.68. The van der Waals surface area contributed by atoms with Gasteiger partial charge in [-0.1, -0.05) is 22.0 Å². The Kier molecular flexibility index (Phi) is 3.28.